The second kappa shape index (κ2) is 10.1. The fourth-order valence-corrected chi connectivity index (χ4v) is 3.77. The van der Waals surface area contributed by atoms with Gasteiger partial charge in [-0.05, 0) is 24.6 Å². The molecule has 0 spiro atoms. The molecule has 0 radical (unpaired) electrons. The number of nitrogens with zero attached hydrogens (tertiary/aromatic N) is 2. The molecule has 0 bridgehead atoms. The number of carbonyl (C=O) groups is 2. The van der Waals surface area contributed by atoms with Crippen LogP contribution < -0.4 is 5.32 Å². The minimum absolute atomic E-state index is 0.0900. The molecular formula is C22H26FN3O3. The lowest BCUT2D eigenvalue weighted by atomic mass is 9.83. The summed E-state index contributed by atoms with van der Waals surface area (Å²) in [5.41, 5.74) is 1.25. The lowest BCUT2D eigenvalue weighted by Crippen LogP contribution is -2.49. The number of methoxy groups -OCH3 is 1. The van der Waals surface area contributed by atoms with Crippen LogP contribution in [-0.4, -0.2) is 48.5 Å². The van der Waals surface area contributed by atoms with Crippen molar-refractivity contribution in [3.05, 3.63) is 65.7 Å². The highest BCUT2D eigenvalue weighted by atomic mass is 19.1. The first-order valence-corrected chi connectivity index (χ1v) is 9.82. The van der Waals surface area contributed by atoms with Gasteiger partial charge in [-0.15, -0.1) is 0 Å². The first kappa shape index (κ1) is 20.9. The Bertz CT molecular complexity index is 831. The summed E-state index contributed by atoms with van der Waals surface area (Å²) in [5.74, 6) is -1.21. The predicted molar refractivity (Wildman–Crippen MR) is 106 cm³/mol. The first-order valence-electron chi connectivity index (χ1n) is 9.82. The Balaban J connectivity index is 1.77. The second-order valence-corrected chi connectivity index (χ2v) is 7.05. The number of rotatable bonds is 8. The maximum absolute atomic E-state index is 14.6. The van der Waals surface area contributed by atoms with Crippen LogP contribution in [0.25, 0.3) is 0 Å². The summed E-state index contributed by atoms with van der Waals surface area (Å²) >= 11 is 0. The maximum atomic E-state index is 14.6. The van der Waals surface area contributed by atoms with Gasteiger partial charge < -0.3 is 15.0 Å². The van der Waals surface area contributed by atoms with Crippen LogP contribution in [-0.2, 0) is 20.7 Å². The van der Waals surface area contributed by atoms with E-state index in [9.17, 15) is 14.0 Å². The van der Waals surface area contributed by atoms with Gasteiger partial charge in [0.25, 0.3) is 0 Å². The predicted octanol–water partition coefficient (Wildman–Crippen LogP) is 2.51. The average molecular weight is 399 g/mol. The smallest absolute Gasteiger partial charge is 0.225 e. The number of benzene rings is 1. The van der Waals surface area contributed by atoms with E-state index in [1.807, 2.05) is 18.2 Å². The van der Waals surface area contributed by atoms with Crippen molar-refractivity contribution < 1.29 is 18.7 Å². The van der Waals surface area contributed by atoms with Crippen molar-refractivity contribution in [2.45, 2.75) is 25.3 Å². The van der Waals surface area contributed by atoms with Gasteiger partial charge in [-0.2, -0.15) is 0 Å². The number of ether oxygens (including phenoxy) is 1. The van der Waals surface area contributed by atoms with Crippen LogP contribution in [0.2, 0.25) is 0 Å². The molecule has 2 heterocycles. The molecule has 3 rings (SSSR count). The molecule has 1 fully saturated rings. The van der Waals surface area contributed by atoms with Gasteiger partial charge in [0.2, 0.25) is 11.8 Å². The third-order valence-corrected chi connectivity index (χ3v) is 5.21. The lowest BCUT2D eigenvalue weighted by Gasteiger charge is -2.40. The Kier molecular flexibility index (Phi) is 7.30. The summed E-state index contributed by atoms with van der Waals surface area (Å²) in [4.78, 5) is 31.4. The van der Waals surface area contributed by atoms with Crippen molar-refractivity contribution in [3.8, 4) is 0 Å². The number of pyridine rings is 1. The molecule has 7 heteroatoms. The van der Waals surface area contributed by atoms with Gasteiger partial charge in [-0.3, -0.25) is 14.6 Å². The molecule has 154 valence electrons. The quantitative estimate of drug-likeness (QED) is 0.740. The molecule has 6 nitrogen and oxygen atoms in total. The monoisotopic (exact) mass is 399 g/mol. The van der Waals surface area contributed by atoms with E-state index < -0.39 is 17.8 Å². The van der Waals surface area contributed by atoms with E-state index >= 15 is 0 Å². The second-order valence-electron chi connectivity index (χ2n) is 7.05. The Morgan fingerprint density at radius 3 is 2.79 bits per heavy atom. The van der Waals surface area contributed by atoms with E-state index in [-0.39, 0.29) is 18.2 Å². The number of likely N-dealkylation sites (tertiary alicyclic amines) is 1. The van der Waals surface area contributed by atoms with Gasteiger partial charge in [0.15, 0.2) is 0 Å². The fourth-order valence-electron chi connectivity index (χ4n) is 3.77. The van der Waals surface area contributed by atoms with Crippen LogP contribution >= 0.6 is 0 Å². The van der Waals surface area contributed by atoms with Crippen molar-refractivity contribution in [2.75, 3.05) is 26.8 Å². The molecule has 2 amide bonds. The number of aromatic nitrogens is 1. The summed E-state index contributed by atoms with van der Waals surface area (Å²) in [6, 6.07) is 11.3. The first-order chi connectivity index (χ1) is 14.1. The Hall–Kier alpha value is -2.80. The average Bonchev–Trinajstić information content (AvgIpc) is 2.74. The molecule has 1 aromatic heterocycles. The van der Waals surface area contributed by atoms with Crippen LogP contribution in [0.15, 0.2) is 48.7 Å². The zero-order valence-electron chi connectivity index (χ0n) is 16.5. The molecule has 1 N–H and O–H groups in total. The normalized spacial score (nSPS) is 19.2. The number of hydrogen-bond donors (Lipinski definition) is 1. The topological polar surface area (TPSA) is 71.5 Å². The minimum Gasteiger partial charge on any atom is -0.383 e. The largest absolute Gasteiger partial charge is 0.383 e. The van der Waals surface area contributed by atoms with E-state index in [1.165, 1.54) is 6.07 Å². The summed E-state index contributed by atoms with van der Waals surface area (Å²) < 4.78 is 19.7. The van der Waals surface area contributed by atoms with Crippen LogP contribution in [0.4, 0.5) is 4.39 Å². The van der Waals surface area contributed by atoms with E-state index in [2.05, 4.69) is 10.3 Å². The van der Waals surface area contributed by atoms with E-state index in [0.717, 1.165) is 5.69 Å². The lowest BCUT2D eigenvalue weighted by molar-refractivity contribution is -0.144. The molecule has 0 unspecified atom stereocenters. The zero-order chi connectivity index (χ0) is 20.6. The van der Waals surface area contributed by atoms with Crippen molar-refractivity contribution >= 4 is 11.8 Å². The standard InChI is InChI=1S/C22H26FN3O3/c1-29-15-14-26-20(27)10-9-18(21(26)17-7-2-3-8-19(17)23)22(28)25-13-11-16-6-4-5-12-24-16/h2-8,12,18,21H,9-11,13-15H2,1H3,(H,25,28)/t18-,21+/m1/s1. The van der Waals surface area contributed by atoms with E-state index in [4.69, 9.17) is 4.74 Å². The molecule has 1 aromatic carbocycles. The van der Waals surface area contributed by atoms with Crippen molar-refractivity contribution in [1.82, 2.24) is 15.2 Å². The summed E-state index contributed by atoms with van der Waals surface area (Å²) in [5, 5.41) is 2.94. The SMILES string of the molecule is COCCN1C(=O)CC[C@@H](C(=O)NCCc2ccccn2)[C@@H]1c1ccccc1F. The molecule has 1 aliphatic heterocycles. The van der Waals surface area contributed by atoms with Gasteiger partial charge in [-0.1, -0.05) is 24.3 Å². The van der Waals surface area contributed by atoms with Gasteiger partial charge in [0.1, 0.15) is 5.82 Å². The number of halogens is 1. The Labute approximate surface area is 170 Å². The third-order valence-electron chi connectivity index (χ3n) is 5.21. The van der Waals surface area contributed by atoms with Gasteiger partial charge in [0, 0.05) is 50.5 Å². The molecule has 0 aliphatic carbocycles. The molecule has 0 saturated carbocycles. The summed E-state index contributed by atoms with van der Waals surface area (Å²) in [6.45, 7) is 1.07. The zero-order valence-corrected chi connectivity index (χ0v) is 16.5. The van der Waals surface area contributed by atoms with Crippen LogP contribution in [0.5, 0.6) is 0 Å². The third kappa shape index (κ3) is 5.17. The molecule has 29 heavy (non-hydrogen) atoms. The molecule has 1 saturated heterocycles. The molecule has 2 aromatic rings. The maximum Gasteiger partial charge on any atom is 0.225 e. The van der Waals surface area contributed by atoms with Crippen molar-refractivity contribution in [3.63, 3.8) is 0 Å². The molecule has 2 atom stereocenters. The number of amides is 2. The fraction of sp³-hybridized carbons (Fsp3) is 0.409. The highest BCUT2D eigenvalue weighted by Crippen LogP contribution is 2.37. The van der Waals surface area contributed by atoms with E-state index in [0.29, 0.717) is 38.1 Å². The van der Waals surface area contributed by atoms with Crippen LogP contribution in [0.3, 0.4) is 0 Å². The van der Waals surface area contributed by atoms with Gasteiger partial charge in [-0.25, -0.2) is 4.39 Å². The van der Waals surface area contributed by atoms with Crippen molar-refractivity contribution in [2.24, 2.45) is 5.92 Å². The Morgan fingerprint density at radius 2 is 2.07 bits per heavy atom. The van der Waals surface area contributed by atoms with E-state index in [1.54, 1.807) is 36.4 Å². The van der Waals surface area contributed by atoms with Gasteiger partial charge >= 0.3 is 0 Å². The minimum atomic E-state index is -0.651. The number of piperidine rings is 1. The number of nitrogens with one attached hydrogen (secondary N) is 1. The highest BCUT2D eigenvalue weighted by Gasteiger charge is 2.41. The van der Waals surface area contributed by atoms with Gasteiger partial charge in [0.05, 0.1) is 18.6 Å². The highest BCUT2D eigenvalue weighted by molar-refractivity contribution is 5.85. The number of carbonyl (C=O) groups excluding carboxylic acids is 2. The molecule has 1 aliphatic rings. The Morgan fingerprint density at radius 1 is 1.28 bits per heavy atom. The summed E-state index contributed by atoms with van der Waals surface area (Å²) in [7, 11) is 1.55. The summed E-state index contributed by atoms with van der Waals surface area (Å²) in [6.07, 6.45) is 2.96. The van der Waals surface area contributed by atoms with Crippen LogP contribution in [0.1, 0.15) is 30.1 Å². The van der Waals surface area contributed by atoms with Crippen LogP contribution in [0, 0.1) is 11.7 Å². The molecular weight excluding hydrogens is 373 g/mol. The number of hydrogen-bond acceptors (Lipinski definition) is 4. The van der Waals surface area contributed by atoms with Crippen molar-refractivity contribution in [1.29, 1.82) is 0 Å².